The van der Waals surface area contributed by atoms with Gasteiger partial charge in [-0.2, -0.15) is 0 Å². The van der Waals surface area contributed by atoms with Gasteiger partial charge in [-0.3, -0.25) is 0 Å². The quantitative estimate of drug-likeness (QED) is 0.843. The van der Waals surface area contributed by atoms with Gasteiger partial charge in [-0.15, -0.1) is 0 Å². The molecule has 0 amide bonds. The minimum absolute atomic E-state index is 0.479. The molecule has 2 heteroatoms. The summed E-state index contributed by atoms with van der Waals surface area (Å²) in [5.74, 6) is 1.47. The average Bonchev–Trinajstić information content (AvgIpc) is 2.33. The van der Waals surface area contributed by atoms with E-state index in [0.29, 0.717) is 12.4 Å². The highest BCUT2D eigenvalue weighted by atomic mass is 16.5. The molecule has 0 aliphatic heterocycles. The number of hydrogen-bond donors (Lipinski definition) is 1. The van der Waals surface area contributed by atoms with Crippen LogP contribution in [-0.2, 0) is 19.3 Å². The van der Waals surface area contributed by atoms with E-state index in [0.717, 1.165) is 41.7 Å². The van der Waals surface area contributed by atoms with Crippen molar-refractivity contribution in [1.29, 1.82) is 0 Å². The second kappa shape index (κ2) is 5.95. The van der Waals surface area contributed by atoms with E-state index in [1.807, 2.05) is 13.8 Å². The van der Waals surface area contributed by atoms with Crippen LogP contribution < -0.4 is 4.74 Å². The van der Waals surface area contributed by atoms with Crippen molar-refractivity contribution in [3.05, 3.63) is 22.3 Å². The van der Waals surface area contributed by atoms with Crippen LogP contribution in [0.25, 0.3) is 0 Å². The minimum atomic E-state index is 0.479. The largest absolute Gasteiger partial charge is 0.507 e. The van der Waals surface area contributed by atoms with Crippen LogP contribution in [0.4, 0.5) is 0 Å². The second-order valence-electron chi connectivity index (χ2n) is 4.23. The Morgan fingerprint density at radius 1 is 0.882 bits per heavy atom. The highest BCUT2D eigenvalue weighted by Crippen LogP contribution is 2.38. The summed E-state index contributed by atoms with van der Waals surface area (Å²) in [6, 6.07) is 0. The van der Waals surface area contributed by atoms with Crippen molar-refractivity contribution in [2.24, 2.45) is 0 Å². The molecule has 1 aromatic carbocycles. The average molecular weight is 236 g/mol. The lowest BCUT2D eigenvalue weighted by molar-refractivity contribution is 0.332. The van der Waals surface area contributed by atoms with Crippen LogP contribution in [-0.4, -0.2) is 11.7 Å². The smallest absolute Gasteiger partial charge is 0.126 e. The van der Waals surface area contributed by atoms with Gasteiger partial charge in [-0.1, -0.05) is 20.8 Å². The fraction of sp³-hybridized carbons (Fsp3) is 0.600. The monoisotopic (exact) mass is 236 g/mol. The maximum Gasteiger partial charge on any atom is 0.126 e. The summed E-state index contributed by atoms with van der Waals surface area (Å²) in [4.78, 5) is 0. The molecular formula is C15H24O2. The lowest BCUT2D eigenvalue weighted by atomic mass is 9.92. The molecule has 1 rings (SSSR count). The van der Waals surface area contributed by atoms with Crippen molar-refractivity contribution in [3.63, 3.8) is 0 Å². The Morgan fingerprint density at radius 3 is 1.82 bits per heavy atom. The first kappa shape index (κ1) is 13.9. The number of rotatable bonds is 5. The maximum absolute atomic E-state index is 10.3. The zero-order valence-electron chi connectivity index (χ0n) is 11.7. The molecule has 0 radical (unpaired) electrons. The Hall–Kier alpha value is -1.18. The van der Waals surface area contributed by atoms with E-state index in [2.05, 4.69) is 20.8 Å². The summed E-state index contributed by atoms with van der Waals surface area (Å²) in [5, 5.41) is 10.3. The molecule has 0 spiro atoms. The molecule has 0 unspecified atom stereocenters. The second-order valence-corrected chi connectivity index (χ2v) is 4.23. The standard InChI is InChI=1S/C15H24O2/c1-6-11-10(5)15(17-9-4)13(8-3)12(7-2)14(11)16/h16H,6-9H2,1-5H3. The molecule has 0 saturated carbocycles. The molecule has 0 atom stereocenters. The first-order valence-corrected chi connectivity index (χ1v) is 6.61. The van der Waals surface area contributed by atoms with E-state index in [4.69, 9.17) is 4.74 Å². The van der Waals surface area contributed by atoms with Crippen molar-refractivity contribution in [2.45, 2.75) is 53.9 Å². The minimum Gasteiger partial charge on any atom is -0.507 e. The molecule has 0 aromatic heterocycles. The summed E-state index contributed by atoms with van der Waals surface area (Å²) in [6.45, 7) is 11.0. The van der Waals surface area contributed by atoms with Crippen LogP contribution in [0, 0.1) is 6.92 Å². The van der Waals surface area contributed by atoms with Crippen molar-refractivity contribution in [1.82, 2.24) is 0 Å². The van der Waals surface area contributed by atoms with Crippen LogP contribution in [0.2, 0.25) is 0 Å². The van der Waals surface area contributed by atoms with E-state index >= 15 is 0 Å². The van der Waals surface area contributed by atoms with E-state index in [9.17, 15) is 5.11 Å². The molecule has 96 valence electrons. The van der Waals surface area contributed by atoms with Crippen LogP contribution in [0.15, 0.2) is 0 Å². The van der Waals surface area contributed by atoms with Crippen molar-refractivity contribution in [2.75, 3.05) is 6.61 Å². The first-order chi connectivity index (χ1) is 8.12. The number of aromatic hydroxyl groups is 1. The molecule has 1 aromatic rings. The molecule has 0 saturated heterocycles. The highest BCUT2D eigenvalue weighted by molar-refractivity contribution is 5.58. The Kier molecular flexibility index (Phi) is 4.86. The van der Waals surface area contributed by atoms with Crippen LogP contribution in [0.1, 0.15) is 49.9 Å². The molecule has 0 aliphatic rings. The van der Waals surface area contributed by atoms with Gasteiger partial charge >= 0.3 is 0 Å². The molecule has 2 nitrogen and oxygen atoms in total. The fourth-order valence-corrected chi connectivity index (χ4v) is 2.53. The van der Waals surface area contributed by atoms with E-state index in [1.54, 1.807) is 0 Å². The summed E-state index contributed by atoms with van der Waals surface area (Å²) in [7, 11) is 0. The van der Waals surface area contributed by atoms with Crippen molar-refractivity contribution in [3.8, 4) is 11.5 Å². The van der Waals surface area contributed by atoms with Gasteiger partial charge in [0.05, 0.1) is 6.61 Å². The number of hydrogen-bond acceptors (Lipinski definition) is 2. The highest BCUT2D eigenvalue weighted by Gasteiger charge is 2.19. The van der Waals surface area contributed by atoms with E-state index in [1.165, 1.54) is 5.56 Å². The third-order valence-corrected chi connectivity index (χ3v) is 3.35. The zero-order valence-corrected chi connectivity index (χ0v) is 11.7. The lowest BCUT2D eigenvalue weighted by Crippen LogP contribution is -2.05. The van der Waals surface area contributed by atoms with Gasteiger partial charge in [0.1, 0.15) is 11.5 Å². The van der Waals surface area contributed by atoms with Crippen LogP contribution in [0.3, 0.4) is 0 Å². The summed E-state index contributed by atoms with van der Waals surface area (Å²) in [5.41, 5.74) is 4.35. The number of ether oxygens (including phenoxy) is 1. The SMILES string of the molecule is CCOc1c(C)c(CC)c(O)c(CC)c1CC. The maximum atomic E-state index is 10.3. The van der Waals surface area contributed by atoms with Gasteiger partial charge in [0.15, 0.2) is 0 Å². The van der Waals surface area contributed by atoms with Crippen molar-refractivity contribution >= 4 is 0 Å². The van der Waals surface area contributed by atoms with Gasteiger partial charge < -0.3 is 9.84 Å². The van der Waals surface area contributed by atoms with Gasteiger partial charge in [-0.05, 0) is 38.7 Å². The third-order valence-electron chi connectivity index (χ3n) is 3.35. The van der Waals surface area contributed by atoms with Gasteiger partial charge in [0, 0.05) is 16.7 Å². The van der Waals surface area contributed by atoms with Crippen molar-refractivity contribution < 1.29 is 9.84 Å². The summed E-state index contributed by atoms with van der Waals surface area (Å²) >= 11 is 0. The summed E-state index contributed by atoms with van der Waals surface area (Å²) < 4.78 is 5.79. The number of phenolic OH excluding ortho intramolecular Hbond substituents is 1. The molecule has 0 heterocycles. The van der Waals surface area contributed by atoms with Crippen LogP contribution >= 0.6 is 0 Å². The number of phenols is 1. The molecule has 17 heavy (non-hydrogen) atoms. The Bertz CT molecular complexity index is 395. The molecular weight excluding hydrogens is 212 g/mol. The zero-order chi connectivity index (χ0) is 13.0. The van der Waals surface area contributed by atoms with E-state index in [-0.39, 0.29) is 0 Å². The Morgan fingerprint density at radius 2 is 1.41 bits per heavy atom. The first-order valence-electron chi connectivity index (χ1n) is 6.61. The normalized spacial score (nSPS) is 10.6. The van der Waals surface area contributed by atoms with E-state index < -0.39 is 0 Å². The van der Waals surface area contributed by atoms with Crippen LogP contribution in [0.5, 0.6) is 11.5 Å². The molecule has 1 N–H and O–H groups in total. The molecule has 0 bridgehead atoms. The molecule has 0 aliphatic carbocycles. The van der Waals surface area contributed by atoms with Gasteiger partial charge in [-0.25, -0.2) is 0 Å². The predicted octanol–water partition coefficient (Wildman–Crippen LogP) is 3.79. The Labute approximate surface area is 105 Å². The topological polar surface area (TPSA) is 29.5 Å². The predicted molar refractivity (Wildman–Crippen MR) is 72.1 cm³/mol. The summed E-state index contributed by atoms with van der Waals surface area (Å²) in [6.07, 6.45) is 2.59. The lowest BCUT2D eigenvalue weighted by Gasteiger charge is -2.21. The molecule has 0 fully saturated rings. The Balaban J connectivity index is 3.55. The fourth-order valence-electron chi connectivity index (χ4n) is 2.53. The van der Waals surface area contributed by atoms with Gasteiger partial charge in [0.25, 0.3) is 0 Å². The number of benzene rings is 1. The third kappa shape index (κ3) is 2.41. The van der Waals surface area contributed by atoms with Gasteiger partial charge in [0.2, 0.25) is 0 Å².